The van der Waals surface area contributed by atoms with E-state index in [0.29, 0.717) is 0 Å². The van der Waals surface area contributed by atoms with Crippen molar-refractivity contribution in [3.05, 3.63) is 28.2 Å². The maximum atomic E-state index is 10.8. The van der Waals surface area contributed by atoms with Gasteiger partial charge in [-0.25, -0.2) is 4.79 Å². The highest BCUT2D eigenvalue weighted by Crippen LogP contribution is 2.23. The molecule has 6 heteroatoms. The molecule has 0 spiro atoms. The molecule has 0 amide bonds. The number of carbonyl (C=O) groups is 1. The van der Waals surface area contributed by atoms with Gasteiger partial charge in [0.1, 0.15) is 0 Å². The highest BCUT2D eigenvalue weighted by atomic mass is 79.9. The molecule has 0 saturated carbocycles. The Kier molecular flexibility index (Phi) is 5.82. The van der Waals surface area contributed by atoms with E-state index in [9.17, 15) is 4.79 Å². The van der Waals surface area contributed by atoms with Crippen LogP contribution in [0.4, 0.5) is 5.69 Å². The average Bonchev–Trinajstić information content (AvgIpc) is 2.46. The van der Waals surface area contributed by atoms with Gasteiger partial charge in [0.25, 0.3) is 0 Å². The third-order valence-electron chi connectivity index (χ3n) is 3.29. The number of ether oxygens (including phenoxy) is 1. The van der Waals surface area contributed by atoms with E-state index < -0.39 is 5.97 Å². The lowest BCUT2D eigenvalue weighted by Crippen LogP contribution is -2.37. The lowest BCUT2D eigenvalue weighted by Gasteiger charge is -2.26. The van der Waals surface area contributed by atoms with Crippen LogP contribution >= 0.6 is 15.9 Å². The summed E-state index contributed by atoms with van der Waals surface area (Å²) in [4.78, 5) is 13.2. The summed E-state index contributed by atoms with van der Waals surface area (Å²) in [6.07, 6.45) is 1.05. The third-order valence-corrected chi connectivity index (χ3v) is 3.94. The molecule has 0 bridgehead atoms. The van der Waals surface area contributed by atoms with Crippen molar-refractivity contribution in [2.24, 2.45) is 0 Å². The van der Waals surface area contributed by atoms with Crippen molar-refractivity contribution >= 4 is 27.6 Å². The van der Waals surface area contributed by atoms with Crippen LogP contribution in [0.3, 0.4) is 0 Å². The largest absolute Gasteiger partial charge is 0.478 e. The first-order chi connectivity index (χ1) is 9.66. The van der Waals surface area contributed by atoms with Gasteiger partial charge in [0.05, 0.1) is 18.8 Å². The number of anilines is 1. The summed E-state index contributed by atoms with van der Waals surface area (Å²) >= 11 is 3.39. The fourth-order valence-electron chi connectivity index (χ4n) is 2.14. The lowest BCUT2D eigenvalue weighted by atomic mass is 10.2. The van der Waals surface area contributed by atoms with Crippen LogP contribution in [0.25, 0.3) is 0 Å². The number of nitrogens with zero attached hydrogens (tertiary/aromatic N) is 1. The van der Waals surface area contributed by atoms with E-state index in [2.05, 4.69) is 26.1 Å². The van der Waals surface area contributed by atoms with Crippen LogP contribution in [-0.4, -0.2) is 55.4 Å². The van der Waals surface area contributed by atoms with Crippen LogP contribution in [0, 0.1) is 0 Å². The molecule has 0 atom stereocenters. The number of benzene rings is 1. The molecule has 0 unspecified atom stereocenters. The van der Waals surface area contributed by atoms with Crippen molar-refractivity contribution in [2.45, 2.75) is 6.42 Å². The molecule has 1 heterocycles. The Hall–Kier alpha value is -1.11. The molecule has 1 aliphatic rings. The van der Waals surface area contributed by atoms with Gasteiger partial charge in [-0.05, 0) is 47.1 Å². The van der Waals surface area contributed by atoms with Crippen molar-refractivity contribution in [3.8, 4) is 0 Å². The van der Waals surface area contributed by atoms with Crippen molar-refractivity contribution in [1.29, 1.82) is 0 Å². The summed E-state index contributed by atoms with van der Waals surface area (Å²) in [5, 5.41) is 12.2. The van der Waals surface area contributed by atoms with Crippen LogP contribution in [-0.2, 0) is 4.74 Å². The molecular weight excluding hydrogens is 324 g/mol. The molecule has 0 radical (unpaired) electrons. The van der Waals surface area contributed by atoms with E-state index in [4.69, 9.17) is 9.84 Å². The van der Waals surface area contributed by atoms with E-state index >= 15 is 0 Å². The minimum atomic E-state index is -0.912. The fraction of sp³-hybridized carbons (Fsp3) is 0.500. The number of carboxylic acids is 1. The fourth-order valence-corrected chi connectivity index (χ4v) is 2.66. The summed E-state index contributed by atoms with van der Waals surface area (Å²) in [5.74, 6) is -0.912. The molecule has 0 aliphatic carbocycles. The number of morpholine rings is 1. The van der Waals surface area contributed by atoms with E-state index in [1.54, 1.807) is 18.2 Å². The van der Waals surface area contributed by atoms with Gasteiger partial charge in [-0.15, -0.1) is 0 Å². The van der Waals surface area contributed by atoms with Gasteiger partial charge < -0.3 is 15.2 Å². The molecule has 1 aromatic carbocycles. The Morgan fingerprint density at radius 3 is 2.80 bits per heavy atom. The van der Waals surface area contributed by atoms with Gasteiger partial charge in [-0.2, -0.15) is 0 Å². The molecule has 2 rings (SSSR count). The highest BCUT2D eigenvalue weighted by molar-refractivity contribution is 9.10. The zero-order chi connectivity index (χ0) is 14.4. The topological polar surface area (TPSA) is 61.8 Å². The van der Waals surface area contributed by atoms with Crippen LogP contribution in [0.15, 0.2) is 22.7 Å². The highest BCUT2D eigenvalue weighted by Gasteiger charge is 2.10. The normalized spacial score (nSPS) is 16.1. The van der Waals surface area contributed by atoms with Crippen molar-refractivity contribution in [2.75, 3.05) is 44.7 Å². The zero-order valence-corrected chi connectivity index (χ0v) is 12.9. The predicted octanol–water partition coefficient (Wildman–Crippen LogP) is 2.28. The van der Waals surface area contributed by atoms with Crippen LogP contribution < -0.4 is 5.32 Å². The van der Waals surface area contributed by atoms with Crippen molar-refractivity contribution in [3.63, 3.8) is 0 Å². The number of hydrogen-bond donors (Lipinski definition) is 2. The van der Waals surface area contributed by atoms with E-state index in [1.165, 1.54) is 0 Å². The Balaban J connectivity index is 1.74. The predicted molar refractivity (Wildman–Crippen MR) is 81.5 cm³/mol. The summed E-state index contributed by atoms with van der Waals surface area (Å²) in [6, 6.07) is 5.02. The van der Waals surface area contributed by atoms with Crippen LogP contribution in [0.5, 0.6) is 0 Å². The first-order valence-corrected chi connectivity index (χ1v) is 7.53. The van der Waals surface area contributed by atoms with Crippen LogP contribution in [0.1, 0.15) is 16.8 Å². The Morgan fingerprint density at radius 1 is 1.40 bits per heavy atom. The minimum Gasteiger partial charge on any atom is -0.478 e. The molecular formula is C14H19BrN2O3. The number of nitrogens with one attached hydrogen (secondary N) is 1. The molecule has 0 aromatic heterocycles. The second-order valence-corrected chi connectivity index (χ2v) is 5.59. The number of hydrogen-bond acceptors (Lipinski definition) is 4. The van der Waals surface area contributed by atoms with Gasteiger partial charge in [0.15, 0.2) is 0 Å². The molecule has 1 aliphatic heterocycles. The SMILES string of the molecule is O=C(O)c1ccc(NCCCN2CCOCC2)c(Br)c1. The summed E-state index contributed by atoms with van der Waals surface area (Å²) < 4.78 is 6.09. The monoisotopic (exact) mass is 342 g/mol. The van der Waals surface area contributed by atoms with E-state index in [1.807, 2.05) is 0 Å². The first-order valence-electron chi connectivity index (χ1n) is 6.73. The lowest BCUT2D eigenvalue weighted by molar-refractivity contribution is 0.0378. The van der Waals surface area contributed by atoms with Gasteiger partial charge in [0, 0.05) is 29.8 Å². The van der Waals surface area contributed by atoms with E-state index in [-0.39, 0.29) is 5.56 Å². The zero-order valence-electron chi connectivity index (χ0n) is 11.3. The molecule has 1 fully saturated rings. The second kappa shape index (κ2) is 7.61. The van der Waals surface area contributed by atoms with Gasteiger partial charge in [-0.3, -0.25) is 4.90 Å². The van der Waals surface area contributed by atoms with Gasteiger partial charge >= 0.3 is 5.97 Å². The molecule has 2 N–H and O–H groups in total. The van der Waals surface area contributed by atoms with Crippen molar-refractivity contribution in [1.82, 2.24) is 4.90 Å². The Morgan fingerprint density at radius 2 is 2.15 bits per heavy atom. The smallest absolute Gasteiger partial charge is 0.335 e. The number of rotatable bonds is 6. The van der Waals surface area contributed by atoms with Gasteiger partial charge in [-0.1, -0.05) is 0 Å². The molecule has 20 heavy (non-hydrogen) atoms. The Labute approximate surface area is 127 Å². The maximum absolute atomic E-state index is 10.8. The average molecular weight is 343 g/mol. The molecule has 1 aromatic rings. The molecule has 5 nitrogen and oxygen atoms in total. The van der Waals surface area contributed by atoms with Crippen LogP contribution in [0.2, 0.25) is 0 Å². The molecule has 1 saturated heterocycles. The summed E-state index contributed by atoms with van der Waals surface area (Å²) in [5.41, 5.74) is 1.22. The third kappa shape index (κ3) is 4.47. The number of halogens is 1. The summed E-state index contributed by atoms with van der Waals surface area (Å²) in [6.45, 7) is 5.60. The number of carboxylic acid groups (broad SMARTS) is 1. The first kappa shape index (κ1) is 15.3. The summed E-state index contributed by atoms with van der Waals surface area (Å²) in [7, 11) is 0. The Bertz CT molecular complexity index is 462. The van der Waals surface area contributed by atoms with Crippen molar-refractivity contribution < 1.29 is 14.6 Å². The maximum Gasteiger partial charge on any atom is 0.335 e. The quantitative estimate of drug-likeness (QED) is 0.776. The minimum absolute atomic E-state index is 0.288. The van der Waals surface area contributed by atoms with E-state index in [0.717, 1.165) is 56.0 Å². The molecule has 110 valence electrons. The standard InChI is InChI=1S/C14H19BrN2O3/c15-12-10-11(14(18)19)2-3-13(12)16-4-1-5-17-6-8-20-9-7-17/h2-3,10,16H,1,4-9H2,(H,18,19). The second-order valence-electron chi connectivity index (χ2n) is 4.73. The van der Waals surface area contributed by atoms with Gasteiger partial charge in [0.2, 0.25) is 0 Å². The number of aromatic carboxylic acids is 1.